The molecule has 24 nitrogen and oxygen atoms in total. The number of likely N-dealkylation sites (tertiary alicyclic amines) is 2. The van der Waals surface area contributed by atoms with Crippen LogP contribution in [0.1, 0.15) is 135 Å². The first kappa shape index (κ1) is 77.5. The summed E-state index contributed by atoms with van der Waals surface area (Å²) in [6.07, 6.45) is 6.82. The largest absolute Gasteiger partial charge is 0.493 e. The first-order chi connectivity index (χ1) is 49.5. The smallest absolute Gasteiger partial charge is 0.258 e. The number of hydrogen-bond donors (Lipinski definition) is 4. The van der Waals surface area contributed by atoms with E-state index in [-0.39, 0.29) is 49.9 Å². The SMILES string of the molecule is CCC(C(=O)N1CCCCC1C(=O)NC(CCc1ccc(OC)c(OC)c1)c1cccc(OCC(=O)NCCNC(=O)COc2cccc(C(CCc3ccc(OC)c(OC)c3)NC(=O)C3CCCCN3C(=O)C(CC)c3cc(OC)c(OC)c(OC)c3)c2)c1)c1cc(OC)c(OC)c(OC)c1. The fraction of sp³-hybridized carbons (Fsp3) is 0.462. The number of amides is 6. The lowest BCUT2D eigenvalue weighted by atomic mass is 9.91. The predicted molar refractivity (Wildman–Crippen MR) is 384 cm³/mol. The van der Waals surface area contributed by atoms with E-state index in [1.165, 1.54) is 42.7 Å². The number of carbonyl (C=O) groups excluding carboxylic acids is 6. The van der Waals surface area contributed by atoms with Crippen LogP contribution in [0.2, 0.25) is 0 Å². The number of ether oxygens (including phenoxy) is 12. The number of aryl methyl sites for hydroxylation is 2. The first-order valence-electron chi connectivity index (χ1n) is 34.7. The molecule has 8 rings (SSSR count). The van der Waals surface area contributed by atoms with Crippen molar-refractivity contribution in [3.63, 3.8) is 0 Å². The Labute approximate surface area is 598 Å². The topological polar surface area (TPSA) is 268 Å². The molecule has 0 spiro atoms. The summed E-state index contributed by atoms with van der Waals surface area (Å²) in [4.78, 5) is 88.8. The zero-order chi connectivity index (χ0) is 73.2. The summed E-state index contributed by atoms with van der Waals surface area (Å²) in [6.45, 7) is 4.18. The van der Waals surface area contributed by atoms with Gasteiger partial charge in [0.1, 0.15) is 23.6 Å². The number of benzene rings is 6. The molecule has 2 aliphatic rings. The molecule has 0 radical (unpaired) electrons. The highest BCUT2D eigenvalue weighted by atomic mass is 16.5. The normalized spacial score (nSPS) is 15.4. The molecule has 6 aromatic carbocycles. The van der Waals surface area contributed by atoms with Crippen LogP contribution in [0.25, 0.3) is 0 Å². The van der Waals surface area contributed by atoms with Gasteiger partial charge in [0, 0.05) is 26.2 Å². The van der Waals surface area contributed by atoms with E-state index in [4.69, 9.17) is 56.8 Å². The van der Waals surface area contributed by atoms with Crippen LogP contribution in [-0.4, -0.2) is 168 Å². The standard InChI is InChI=1S/C78H100N6O18/c1-13-57(53-43-67(95-7)73(99-11)68(44-53)96-8)77(89)83-37-17-15-25-61(83)75(87)81-59(31-27-49-29-33-63(91-3)65(39-49)93-5)51-21-19-23-55(41-51)101-47-71(85)79-35-36-80-72(86)48-102-56-24-20-22-52(42-56)60(32-28-50-30-34-64(92-4)66(40-50)94-6)82-76(88)62-26-16-18-38-84(62)78(90)58(14-2)54-45-69(97-9)74(100-12)70(46-54)98-10/h19-24,29-30,33-34,39-46,57-62H,13-18,25-28,31-32,35-38,47-48H2,1-12H3,(H,79,85)(H,80,86)(H,81,87)(H,82,88). The summed E-state index contributed by atoms with van der Waals surface area (Å²) in [5.74, 6) is 2.62. The molecule has 2 heterocycles. The van der Waals surface area contributed by atoms with Gasteiger partial charge in [0.2, 0.25) is 35.1 Å². The maximum absolute atomic E-state index is 14.7. The van der Waals surface area contributed by atoms with Gasteiger partial charge in [-0.2, -0.15) is 0 Å². The molecule has 102 heavy (non-hydrogen) atoms. The molecule has 2 fully saturated rings. The third kappa shape index (κ3) is 19.8. The molecule has 6 amide bonds. The number of piperidine rings is 2. The van der Waals surface area contributed by atoms with Crippen LogP contribution in [0.5, 0.6) is 69.0 Å². The molecule has 6 atom stereocenters. The fourth-order valence-electron chi connectivity index (χ4n) is 13.4. The van der Waals surface area contributed by atoms with Crippen molar-refractivity contribution in [2.45, 2.75) is 127 Å². The van der Waals surface area contributed by atoms with Crippen molar-refractivity contribution < 1.29 is 85.6 Å². The Morgan fingerprint density at radius 1 is 0.412 bits per heavy atom. The minimum atomic E-state index is -0.747. The van der Waals surface area contributed by atoms with Gasteiger partial charge in [-0.1, -0.05) is 50.2 Å². The lowest BCUT2D eigenvalue weighted by Crippen LogP contribution is -2.53. The quantitative estimate of drug-likeness (QED) is 0.0264. The Morgan fingerprint density at radius 3 is 1.11 bits per heavy atom. The van der Waals surface area contributed by atoms with Crippen molar-refractivity contribution in [3.8, 4) is 69.0 Å². The average Bonchev–Trinajstić information content (AvgIpc) is 0.796. The number of rotatable bonds is 37. The molecule has 0 aliphatic carbocycles. The molecule has 4 N–H and O–H groups in total. The van der Waals surface area contributed by atoms with Crippen molar-refractivity contribution in [2.75, 3.05) is 110 Å². The summed E-state index contributed by atoms with van der Waals surface area (Å²) in [7, 11) is 15.5. The lowest BCUT2D eigenvalue weighted by Gasteiger charge is -2.38. The highest BCUT2D eigenvalue weighted by Crippen LogP contribution is 2.44. The number of hydrogen-bond acceptors (Lipinski definition) is 18. The molecule has 2 saturated heterocycles. The maximum atomic E-state index is 14.7. The third-order valence-electron chi connectivity index (χ3n) is 18.8. The van der Waals surface area contributed by atoms with Crippen LogP contribution >= 0.6 is 0 Å². The monoisotopic (exact) mass is 1410 g/mol. The van der Waals surface area contributed by atoms with Gasteiger partial charge in [0.05, 0.1) is 95.0 Å². The highest BCUT2D eigenvalue weighted by molar-refractivity contribution is 5.92. The maximum Gasteiger partial charge on any atom is 0.258 e. The summed E-state index contributed by atoms with van der Waals surface area (Å²) >= 11 is 0. The fourth-order valence-corrected chi connectivity index (χ4v) is 13.4. The Bertz CT molecular complexity index is 3520. The number of methoxy groups -OCH3 is 10. The molecule has 2 aliphatic heterocycles. The Balaban J connectivity index is 0.885. The van der Waals surface area contributed by atoms with E-state index in [0.717, 1.165) is 47.9 Å². The van der Waals surface area contributed by atoms with Crippen LogP contribution in [0.15, 0.2) is 109 Å². The van der Waals surface area contributed by atoms with E-state index in [9.17, 15) is 28.8 Å². The van der Waals surface area contributed by atoms with Crippen molar-refractivity contribution in [1.29, 1.82) is 0 Å². The molecule has 0 bridgehead atoms. The van der Waals surface area contributed by atoms with Crippen molar-refractivity contribution in [2.24, 2.45) is 0 Å². The summed E-state index contributed by atoms with van der Waals surface area (Å²) in [6, 6.07) is 30.3. The molecule has 6 aromatic rings. The Kier molecular flexibility index (Phi) is 29.3. The predicted octanol–water partition coefficient (Wildman–Crippen LogP) is 10.2. The molecular weight excluding hydrogens is 1310 g/mol. The number of carbonyl (C=O) groups is 6. The number of nitrogens with one attached hydrogen (secondary N) is 4. The van der Waals surface area contributed by atoms with Crippen molar-refractivity contribution >= 4 is 35.4 Å². The van der Waals surface area contributed by atoms with Crippen LogP contribution in [0.4, 0.5) is 0 Å². The van der Waals surface area contributed by atoms with E-state index in [1.54, 1.807) is 98.9 Å². The van der Waals surface area contributed by atoms with E-state index in [0.29, 0.717) is 145 Å². The van der Waals surface area contributed by atoms with Gasteiger partial charge in [-0.3, -0.25) is 28.8 Å². The molecule has 0 aromatic heterocycles. The van der Waals surface area contributed by atoms with E-state index in [2.05, 4.69) is 21.3 Å². The van der Waals surface area contributed by atoms with Crippen molar-refractivity contribution in [1.82, 2.24) is 31.1 Å². The second kappa shape index (κ2) is 38.5. The Hall–Kier alpha value is -10.3. The number of nitrogens with zero attached hydrogens (tertiary/aromatic N) is 2. The van der Waals surface area contributed by atoms with Gasteiger partial charge in [-0.05, 0) is 183 Å². The average molecular weight is 1410 g/mol. The minimum Gasteiger partial charge on any atom is -0.493 e. The molecule has 0 saturated carbocycles. The van der Waals surface area contributed by atoms with E-state index in [1.807, 2.05) is 62.4 Å². The van der Waals surface area contributed by atoms with Crippen LogP contribution in [-0.2, 0) is 41.6 Å². The van der Waals surface area contributed by atoms with E-state index >= 15 is 0 Å². The van der Waals surface area contributed by atoms with Gasteiger partial charge in [-0.15, -0.1) is 0 Å². The second-order valence-electron chi connectivity index (χ2n) is 24.9. The zero-order valence-electron chi connectivity index (χ0n) is 60.8. The first-order valence-corrected chi connectivity index (χ1v) is 34.7. The van der Waals surface area contributed by atoms with Gasteiger partial charge in [-0.25, -0.2) is 0 Å². The molecular formula is C78H100N6O18. The van der Waals surface area contributed by atoms with Gasteiger partial charge in [0.15, 0.2) is 59.2 Å². The minimum absolute atomic E-state index is 0.0887. The Morgan fingerprint density at radius 2 is 0.775 bits per heavy atom. The third-order valence-corrected chi connectivity index (χ3v) is 18.8. The van der Waals surface area contributed by atoms with Gasteiger partial charge < -0.3 is 87.9 Å². The lowest BCUT2D eigenvalue weighted by molar-refractivity contribution is -0.144. The van der Waals surface area contributed by atoms with E-state index < -0.39 is 47.8 Å². The summed E-state index contributed by atoms with van der Waals surface area (Å²) in [5.41, 5.74) is 4.70. The van der Waals surface area contributed by atoms with Gasteiger partial charge >= 0.3 is 0 Å². The zero-order valence-corrected chi connectivity index (χ0v) is 60.8. The highest BCUT2D eigenvalue weighted by Gasteiger charge is 2.39. The molecule has 6 unspecified atom stereocenters. The van der Waals surface area contributed by atoms with Crippen LogP contribution < -0.4 is 78.1 Å². The molecule has 550 valence electrons. The summed E-state index contributed by atoms with van der Waals surface area (Å²) in [5, 5.41) is 12.2. The van der Waals surface area contributed by atoms with Crippen LogP contribution in [0.3, 0.4) is 0 Å². The molecule has 24 heteroatoms. The van der Waals surface area contributed by atoms with Gasteiger partial charge in [0.25, 0.3) is 11.8 Å². The van der Waals surface area contributed by atoms with Crippen LogP contribution in [0, 0.1) is 0 Å². The summed E-state index contributed by atoms with van der Waals surface area (Å²) < 4.78 is 67.9. The van der Waals surface area contributed by atoms with Crippen molar-refractivity contribution in [3.05, 3.63) is 143 Å². The second-order valence-corrected chi connectivity index (χ2v) is 24.9.